The first kappa shape index (κ1) is 16.9. The molecule has 1 unspecified atom stereocenters. The lowest BCUT2D eigenvalue weighted by Gasteiger charge is -2.30. The van der Waals surface area contributed by atoms with Crippen LogP contribution in [-0.2, 0) is 14.4 Å². The quantitative estimate of drug-likeness (QED) is 0.629. The number of amides is 4. The van der Waals surface area contributed by atoms with E-state index in [0.29, 0.717) is 6.42 Å². The van der Waals surface area contributed by atoms with Crippen LogP contribution in [0.5, 0.6) is 0 Å². The second-order valence-electron chi connectivity index (χ2n) is 6.34. The lowest BCUT2D eigenvalue weighted by Crippen LogP contribution is -2.57. The van der Waals surface area contributed by atoms with Crippen LogP contribution in [0.4, 0.5) is 4.79 Å². The van der Waals surface area contributed by atoms with Crippen molar-refractivity contribution in [3.05, 3.63) is 0 Å². The molecule has 0 aromatic rings. The van der Waals surface area contributed by atoms with Gasteiger partial charge in [0.25, 0.3) is 0 Å². The fourth-order valence-corrected chi connectivity index (χ4v) is 2.17. The van der Waals surface area contributed by atoms with E-state index in [9.17, 15) is 19.2 Å². The Labute approximate surface area is 122 Å². The summed E-state index contributed by atoms with van der Waals surface area (Å²) < 4.78 is 0. The Balaban J connectivity index is 2.68. The van der Waals surface area contributed by atoms with Crippen molar-refractivity contribution in [2.45, 2.75) is 39.7 Å². The summed E-state index contributed by atoms with van der Waals surface area (Å²) >= 11 is 0. The second-order valence-corrected chi connectivity index (χ2v) is 6.34. The maximum absolute atomic E-state index is 12.1. The van der Waals surface area contributed by atoms with E-state index in [0.717, 1.165) is 4.90 Å². The van der Waals surface area contributed by atoms with Crippen molar-refractivity contribution >= 4 is 23.8 Å². The second kappa shape index (κ2) is 6.55. The van der Waals surface area contributed by atoms with Crippen LogP contribution < -0.4 is 10.6 Å². The van der Waals surface area contributed by atoms with Crippen molar-refractivity contribution in [2.75, 3.05) is 13.1 Å². The van der Waals surface area contributed by atoms with Crippen molar-refractivity contribution in [1.82, 2.24) is 15.5 Å². The molecule has 1 heterocycles. The van der Waals surface area contributed by atoms with Crippen molar-refractivity contribution in [3.63, 3.8) is 0 Å². The van der Waals surface area contributed by atoms with Gasteiger partial charge >= 0.3 is 12.0 Å². The Morgan fingerprint density at radius 1 is 1.29 bits per heavy atom. The van der Waals surface area contributed by atoms with Crippen LogP contribution in [0.25, 0.3) is 0 Å². The topological polar surface area (TPSA) is 116 Å². The molecule has 1 atom stereocenters. The number of aliphatic carboxylic acids is 1. The van der Waals surface area contributed by atoms with Crippen molar-refractivity contribution in [3.8, 4) is 0 Å². The molecule has 0 saturated carbocycles. The molecule has 0 aromatic heterocycles. The summed E-state index contributed by atoms with van der Waals surface area (Å²) in [6, 6.07) is -1.16. The van der Waals surface area contributed by atoms with Crippen molar-refractivity contribution in [2.24, 2.45) is 5.41 Å². The third-order valence-electron chi connectivity index (χ3n) is 2.84. The van der Waals surface area contributed by atoms with Crippen LogP contribution in [0, 0.1) is 5.41 Å². The first-order valence-corrected chi connectivity index (χ1v) is 6.67. The molecule has 0 aliphatic carbocycles. The molecule has 0 spiro atoms. The average Bonchev–Trinajstić information content (AvgIpc) is 2.23. The van der Waals surface area contributed by atoms with Crippen LogP contribution in [0.1, 0.15) is 33.6 Å². The predicted octanol–water partition coefficient (Wildman–Crippen LogP) is -0.0661. The fourth-order valence-electron chi connectivity index (χ4n) is 2.17. The number of nitrogens with zero attached hydrogens (tertiary/aromatic N) is 1. The number of piperazine rings is 1. The molecule has 1 aliphatic heterocycles. The van der Waals surface area contributed by atoms with Crippen LogP contribution in [0.3, 0.4) is 0 Å². The van der Waals surface area contributed by atoms with Crippen LogP contribution >= 0.6 is 0 Å². The van der Waals surface area contributed by atoms with Gasteiger partial charge in [-0.3, -0.25) is 19.7 Å². The Bertz CT molecular complexity index is 439. The van der Waals surface area contributed by atoms with Gasteiger partial charge in [-0.25, -0.2) is 4.79 Å². The molecule has 118 valence electrons. The van der Waals surface area contributed by atoms with Crippen molar-refractivity contribution in [1.29, 1.82) is 0 Å². The molecule has 1 rings (SSSR count). The summed E-state index contributed by atoms with van der Waals surface area (Å²) in [7, 11) is 0. The van der Waals surface area contributed by atoms with Gasteiger partial charge in [0.15, 0.2) is 0 Å². The zero-order valence-corrected chi connectivity index (χ0v) is 12.4. The molecule has 0 bridgehead atoms. The number of imide groups is 1. The summed E-state index contributed by atoms with van der Waals surface area (Å²) in [6.07, 6.45) is 0.260. The van der Waals surface area contributed by atoms with Crippen LogP contribution in [0.2, 0.25) is 0 Å². The number of urea groups is 1. The summed E-state index contributed by atoms with van der Waals surface area (Å²) in [5.41, 5.74) is -0.164. The molecule has 8 nitrogen and oxygen atoms in total. The van der Waals surface area contributed by atoms with E-state index in [1.807, 2.05) is 20.8 Å². The average molecular weight is 299 g/mol. The molecule has 0 aromatic carbocycles. The third-order valence-corrected chi connectivity index (χ3v) is 2.84. The minimum absolute atomic E-state index is 0.164. The highest BCUT2D eigenvalue weighted by Gasteiger charge is 2.29. The number of carbonyl (C=O) groups excluding carboxylic acids is 3. The lowest BCUT2D eigenvalue weighted by atomic mass is 9.87. The Morgan fingerprint density at radius 2 is 1.81 bits per heavy atom. The van der Waals surface area contributed by atoms with Crippen LogP contribution in [0.15, 0.2) is 0 Å². The molecule has 21 heavy (non-hydrogen) atoms. The number of nitrogens with one attached hydrogen (secondary N) is 2. The maximum Gasteiger partial charge on any atom is 0.318 e. The smallest absolute Gasteiger partial charge is 0.318 e. The van der Waals surface area contributed by atoms with Gasteiger partial charge < -0.3 is 15.3 Å². The predicted molar refractivity (Wildman–Crippen MR) is 73.4 cm³/mol. The number of rotatable bonds is 4. The van der Waals surface area contributed by atoms with Gasteiger partial charge in [-0.1, -0.05) is 20.8 Å². The lowest BCUT2D eigenvalue weighted by molar-refractivity contribution is -0.138. The standard InChI is InChI=1S/C13H21N3O5/c1-13(2,3)5-8(4-11(19)20)14-12(21)16-6-9(17)15-10(18)7-16/h8H,4-7H2,1-3H3,(H,14,21)(H,19,20)(H,15,17,18). The van der Waals surface area contributed by atoms with E-state index in [1.165, 1.54) is 0 Å². The minimum atomic E-state index is -1.02. The highest BCUT2D eigenvalue weighted by atomic mass is 16.4. The van der Waals surface area contributed by atoms with E-state index in [4.69, 9.17) is 5.11 Å². The molecule has 1 fully saturated rings. The highest BCUT2D eigenvalue weighted by molar-refractivity contribution is 6.02. The maximum atomic E-state index is 12.1. The number of carboxylic acids is 1. The number of carbonyl (C=O) groups is 4. The third kappa shape index (κ3) is 6.24. The molecular weight excluding hydrogens is 278 g/mol. The van der Waals surface area contributed by atoms with Gasteiger partial charge in [0.2, 0.25) is 11.8 Å². The monoisotopic (exact) mass is 299 g/mol. The van der Waals surface area contributed by atoms with E-state index >= 15 is 0 Å². The SMILES string of the molecule is CC(C)(C)CC(CC(=O)O)NC(=O)N1CC(=O)NC(=O)C1. The minimum Gasteiger partial charge on any atom is -0.481 e. The molecule has 3 N–H and O–H groups in total. The van der Waals surface area contributed by atoms with Gasteiger partial charge in [0.05, 0.1) is 6.42 Å². The van der Waals surface area contributed by atoms with Gasteiger partial charge in [0, 0.05) is 6.04 Å². The summed E-state index contributed by atoms with van der Waals surface area (Å²) in [5, 5.41) is 13.6. The number of hydrogen-bond acceptors (Lipinski definition) is 4. The normalized spacial score (nSPS) is 17.2. The molecule has 8 heteroatoms. The Kier molecular flexibility index (Phi) is 5.28. The van der Waals surface area contributed by atoms with E-state index in [1.54, 1.807) is 0 Å². The van der Waals surface area contributed by atoms with Crippen LogP contribution in [-0.4, -0.2) is 53.0 Å². The van der Waals surface area contributed by atoms with Crippen molar-refractivity contribution < 1.29 is 24.3 Å². The summed E-state index contributed by atoms with van der Waals surface area (Å²) in [4.78, 5) is 46.5. The van der Waals surface area contributed by atoms with Gasteiger partial charge in [0.1, 0.15) is 13.1 Å². The Morgan fingerprint density at radius 3 is 2.24 bits per heavy atom. The van der Waals surface area contributed by atoms with Gasteiger partial charge in [-0.15, -0.1) is 0 Å². The van der Waals surface area contributed by atoms with Gasteiger partial charge in [-0.2, -0.15) is 0 Å². The van der Waals surface area contributed by atoms with Gasteiger partial charge in [-0.05, 0) is 11.8 Å². The molecule has 1 saturated heterocycles. The fraction of sp³-hybridized carbons (Fsp3) is 0.692. The zero-order valence-electron chi connectivity index (χ0n) is 12.4. The first-order chi connectivity index (χ1) is 9.56. The molecule has 0 radical (unpaired) electrons. The van der Waals surface area contributed by atoms with E-state index in [2.05, 4.69) is 10.6 Å². The summed E-state index contributed by atoms with van der Waals surface area (Å²) in [6.45, 7) is 5.38. The summed E-state index contributed by atoms with van der Waals surface area (Å²) in [5.74, 6) is -2.11. The number of hydrogen-bond donors (Lipinski definition) is 3. The largest absolute Gasteiger partial charge is 0.481 e. The van der Waals surface area contributed by atoms with E-state index < -0.39 is 29.9 Å². The zero-order chi connectivity index (χ0) is 16.2. The van der Waals surface area contributed by atoms with E-state index in [-0.39, 0.29) is 24.9 Å². The Hall–Kier alpha value is -2.12. The molecule has 1 aliphatic rings. The number of carboxylic acid groups (broad SMARTS) is 1. The molecular formula is C13H21N3O5. The first-order valence-electron chi connectivity index (χ1n) is 6.67. The highest BCUT2D eigenvalue weighted by Crippen LogP contribution is 2.22. The molecule has 4 amide bonds.